The summed E-state index contributed by atoms with van der Waals surface area (Å²) in [5.41, 5.74) is 1.57. The molecule has 0 saturated carbocycles. The Labute approximate surface area is 186 Å². The summed E-state index contributed by atoms with van der Waals surface area (Å²) in [6, 6.07) is 10.3. The van der Waals surface area contributed by atoms with Crippen molar-refractivity contribution >= 4 is 24.2 Å². The molecule has 0 unspecified atom stereocenters. The van der Waals surface area contributed by atoms with Crippen molar-refractivity contribution in [2.45, 2.75) is 32.2 Å². The molecule has 1 fully saturated rings. The topological polar surface area (TPSA) is 67.3 Å². The van der Waals surface area contributed by atoms with Crippen LogP contribution in [-0.4, -0.2) is 56.7 Å². The number of aromatic nitrogens is 2. The van der Waals surface area contributed by atoms with Crippen LogP contribution in [0.25, 0.3) is 11.4 Å². The fraction of sp³-hybridized carbons (Fsp3) is 0.435. The Balaban J connectivity index is 0.000000808. The number of halogens is 1. The fourth-order valence-electron chi connectivity index (χ4n) is 2.89. The van der Waals surface area contributed by atoms with E-state index in [1.807, 2.05) is 44.2 Å². The first-order valence-electron chi connectivity index (χ1n) is 9.97. The van der Waals surface area contributed by atoms with Crippen molar-refractivity contribution in [2.24, 2.45) is 0 Å². The normalized spacial score (nSPS) is 13.0. The van der Waals surface area contributed by atoms with E-state index in [2.05, 4.69) is 35.3 Å². The predicted octanol–water partition coefficient (Wildman–Crippen LogP) is 4.65. The minimum atomic E-state index is 0.615. The van der Waals surface area contributed by atoms with Gasteiger partial charge in [0.1, 0.15) is 18.3 Å². The maximum absolute atomic E-state index is 8.00. The number of anilines is 1. The maximum atomic E-state index is 8.00. The highest BCUT2D eigenvalue weighted by atomic mass is 35.5. The van der Waals surface area contributed by atoms with Gasteiger partial charge in [-0.3, -0.25) is 4.98 Å². The van der Waals surface area contributed by atoms with Crippen LogP contribution in [0.5, 0.6) is 0 Å². The molecule has 1 N–H and O–H groups in total. The number of carbonyl (C=O) groups is 1. The first-order chi connectivity index (χ1) is 14.7. The zero-order valence-electron chi connectivity index (χ0n) is 18.4. The van der Waals surface area contributed by atoms with Crippen LogP contribution in [0, 0.1) is 0 Å². The molecule has 3 rings (SSSR count). The van der Waals surface area contributed by atoms with Crippen molar-refractivity contribution in [2.75, 3.05) is 38.8 Å². The molecule has 0 spiro atoms. The number of hydrogen-bond donors (Lipinski definition) is 1. The lowest BCUT2D eigenvalue weighted by atomic mass is 10.1. The molecule has 2 aromatic heterocycles. The van der Waals surface area contributed by atoms with Gasteiger partial charge in [-0.15, -0.1) is 13.2 Å². The molecular formula is C23H35ClN4O2. The highest BCUT2D eigenvalue weighted by Crippen LogP contribution is 2.28. The van der Waals surface area contributed by atoms with E-state index in [0.29, 0.717) is 11.1 Å². The molecule has 1 aliphatic heterocycles. The quantitative estimate of drug-likeness (QED) is 0.691. The van der Waals surface area contributed by atoms with Crippen molar-refractivity contribution in [3.8, 4) is 11.4 Å². The first-order valence-corrected chi connectivity index (χ1v) is 10.3. The van der Waals surface area contributed by atoms with Gasteiger partial charge in [-0.05, 0) is 50.6 Å². The molecule has 0 aromatic carbocycles. The third kappa shape index (κ3) is 9.48. The minimum Gasteiger partial charge on any atom is -0.385 e. The summed E-state index contributed by atoms with van der Waals surface area (Å²) < 4.78 is 4.69. The van der Waals surface area contributed by atoms with Crippen LogP contribution < -0.4 is 10.2 Å². The second kappa shape index (κ2) is 17.6. The number of nitrogens with zero attached hydrogens (tertiary/aromatic N) is 3. The molecule has 2 aromatic rings. The molecule has 6 nitrogen and oxygen atoms in total. The van der Waals surface area contributed by atoms with Gasteiger partial charge >= 0.3 is 0 Å². The molecule has 30 heavy (non-hydrogen) atoms. The van der Waals surface area contributed by atoms with E-state index in [4.69, 9.17) is 26.1 Å². The number of piperidine rings is 1. The van der Waals surface area contributed by atoms with E-state index in [9.17, 15) is 0 Å². The smallest absolute Gasteiger partial charge is 0.129 e. The van der Waals surface area contributed by atoms with Crippen molar-refractivity contribution in [1.82, 2.24) is 15.3 Å². The summed E-state index contributed by atoms with van der Waals surface area (Å²) in [5, 5.41) is 3.99. The molecule has 0 bridgehead atoms. The number of pyridine rings is 2. The second-order valence-corrected chi connectivity index (χ2v) is 6.66. The van der Waals surface area contributed by atoms with E-state index in [-0.39, 0.29) is 0 Å². The van der Waals surface area contributed by atoms with Gasteiger partial charge in [-0.1, -0.05) is 24.6 Å². The minimum absolute atomic E-state index is 0.615. The summed E-state index contributed by atoms with van der Waals surface area (Å²) in [6.07, 6.45) is 5.16. The zero-order valence-corrected chi connectivity index (χ0v) is 19.2. The van der Waals surface area contributed by atoms with E-state index in [1.54, 1.807) is 13.3 Å². The Morgan fingerprint density at radius 1 is 1.20 bits per heavy atom. The lowest BCUT2D eigenvalue weighted by molar-refractivity contribution is -0.0979. The van der Waals surface area contributed by atoms with Crippen molar-refractivity contribution in [3.05, 3.63) is 54.7 Å². The summed E-state index contributed by atoms with van der Waals surface area (Å²) in [6.45, 7) is 13.0. The lowest BCUT2D eigenvalue weighted by Crippen LogP contribution is -2.41. The van der Waals surface area contributed by atoms with Gasteiger partial charge in [0.25, 0.3) is 0 Å². The Morgan fingerprint density at radius 3 is 2.33 bits per heavy atom. The number of ether oxygens (including phenoxy) is 1. The highest BCUT2D eigenvalue weighted by Gasteiger charge is 2.19. The SMILES string of the molecule is C=C.C=O.CCCOC.CNC1CCN(c2ccc(Cl)c(-c3ccccn3)n2)CC1. The van der Waals surface area contributed by atoms with Gasteiger partial charge in [-0.25, -0.2) is 4.98 Å². The standard InChI is InChI=1S/C16H19ClN4.C4H10O.C2H4.CH2O/c1-18-12-7-10-21(11-8-12)15-6-5-13(17)16(20-15)14-4-2-3-9-19-14;1-3-4-5-2;2*1-2/h2-6,9,12,18H,7-8,10-11H2,1H3;3-4H2,1-2H3;1-2H2;1H2. The lowest BCUT2D eigenvalue weighted by Gasteiger charge is -2.32. The van der Waals surface area contributed by atoms with Gasteiger partial charge in [-0.2, -0.15) is 0 Å². The van der Waals surface area contributed by atoms with Crippen LogP contribution in [0.3, 0.4) is 0 Å². The fourth-order valence-corrected chi connectivity index (χ4v) is 3.09. The summed E-state index contributed by atoms with van der Waals surface area (Å²) in [5.74, 6) is 0.981. The molecule has 7 heteroatoms. The number of methoxy groups -OCH3 is 1. The Bertz CT molecular complexity index is 676. The maximum Gasteiger partial charge on any atom is 0.129 e. The van der Waals surface area contributed by atoms with E-state index >= 15 is 0 Å². The number of hydrogen-bond acceptors (Lipinski definition) is 6. The predicted molar refractivity (Wildman–Crippen MR) is 127 cm³/mol. The van der Waals surface area contributed by atoms with Crippen LogP contribution in [0.15, 0.2) is 49.7 Å². The molecule has 0 amide bonds. The Kier molecular flexibility index (Phi) is 16.2. The summed E-state index contributed by atoms with van der Waals surface area (Å²) in [4.78, 5) is 19.4. The van der Waals surface area contributed by atoms with E-state index < -0.39 is 0 Å². The van der Waals surface area contributed by atoms with Crippen molar-refractivity contribution in [1.29, 1.82) is 0 Å². The van der Waals surface area contributed by atoms with E-state index in [0.717, 1.165) is 56.2 Å². The molecular weight excluding hydrogens is 400 g/mol. The third-order valence-corrected chi connectivity index (χ3v) is 4.68. The summed E-state index contributed by atoms with van der Waals surface area (Å²) in [7, 11) is 3.74. The molecule has 166 valence electrons. The molecule has 1 saturated heterocycles. The average Bonchev–Trinajstić information content (AvgIpc) is 2.83. The monoisotopic (exact) mass is 434 g/mol. The van der Waals surface area contributed by atoms with Gasteiger partial charge in [0.15, 0.2) is 0 Å². The van der Waals surface area contributed by atoms with Crippen LogP contribution >= 0.6 is 11.6 Å². The van der Waals surface area contributed by atoms with Crippen LogP contribution in [0.2, 0.25) is 5.02 Å². The Morgan fingerprint density at radius 2 is 1.87 bits per heavy atom. The molecule has 0 aliphatic carbocycles. The highest BCUT2D eigenvalue weighted by molar-refractivity contribution is 6.33. The van der Waals surface area contributed by atoms with Crippen LogP contribution in [0.4, 0.5) is 5.82 Å². The van der Waals surface area contributed by atoms with Crippen molar-refractivity contribution < 1.29 is 9.53 Å². The second-order valence-electron chi connectivity index (χ2n) is 6.26. The largest absolute Gasteiger partial charge is 0.385 e. The summed E-state index contributed by atoms with van der Waals surface area (Å²) >= 11 is 6.28. The zero-order chi connectivity index (χ0) is 22.8. The molecule has 3 heterocycles. The average molecular weight is 435 g/mol. The number of rotatable bonds is 5. The van der Waals surface area contributed by atoms with Gasteiger partial charge in [0.2, 0.25) is 0 Å². The number of nitrogens with one attached hydrogen (secondary N) is 1. The molecule has 0 radical (unpaired) electrons. The molecule has 0 atom stereocenters. The third-order valence-electron chi connectivity index (χ3n) is 4.37. The van der Waals surface area contributed by atoms with Gasteiger partial charge in [0.05, 0.1) is 10.7 Å². The van der Waals surface area contributed by atoms with Gasteiger partial charge < -0.3 is 19.7 Å². The van der Waals surface area contributed by atoms with Gasteiger partial charge in [0, 0.05) is 39.0 Å². The van der Waals surface area contributed by atoms with Crippen LogP contribution in [-0.2, 0) is 9.53 Å². The van der Waals surface area contributed by atoms with E-state index in [1.165, 1.54) is 0 Å². The molecule has 1 aliphatic rings. The number of carbonyl (C=O) groups excluding carboxylic acids is 1. The van der Waals surface area contributed by atoms with Crippen molar-refractivity contribution in [3.63, 3.8) is 0 Å². The first kappa shape index (κ1) is 27.7. The Hall–Kier alpha value is -2.28. The van der Waals surface area contributed by atoms with Crippen LogP contribution in [0.1, 0.15) is 26.2 Å².